The van der Waals surface area contributed by atoms with E-state index >= 15 is 0 Å². The number of hydrogen-bond acceptors (Lipinski definition) is 3. The molecule has 2 aromatic heterocycles. The van der Waals surface area contributed by atoms with Gasteiger partial charge in [0.25, 0.3) is 0 Å². The van der Waals surface area contributed by atoms with Gasteiger partial charge in [-0.3, -0.25) is 9.59 Å². The van der Waals surface area contributed by atoms with Gasteiger partial charge in [0.1, 0.15) is 0 Å². The first-order valence-electron chi connectivity index (χ1n) is 3.19. The summed E-state index contributed by atoms with van der Waals surface area (Å²) in [5, 5.41) is 0. The third-order valence-corrected chi connectivity index (χ3v) is 4.04. The van der Waals surface area contributed by atoms with Crippen molar-refractivity contribution in [1.29, 1.82) is 0 Å². The number of thiophene rings is 1. The highest BCUT2D eigenvalue weighted by Crippen LogP contribution is 2.35. The average molecular weight is 326 g/mol. The first-order chi connectivity index (χ1) is 6.09. The van der Waals surface area contributed by atoms with Crippen molar-refractivity contribution in [3.8, 4) is 0 Å². The van der Waals surface area contributed by atoms with Crippen LogP contribution in [0.2, 0.25) is 0 Å². The van der Waals surface area contributed by atoms with E-state index in [9.17, 15) is 9.59 Å². The lowest BCUT2D eigenvalue weighted by atomic mass is 10.5. The van der Waals surface area contributed by atoms with E-state index in [-0.39, 0.29) is 0 Å². The molecule has 2 rings (SSSR count). The molecule has 0 fully saturated rings. The maximum atomic E-state index is 11.0. The number of halogens is 2. The lowest BCUT2D eigenvalue weighted by Crippen LogP contribution is -2.28. The monoisotopic (exact) mass is 324 g/mol. The number of rotatable bonds is 0. The third kappa shape index (κ3) is 1.40. The SMILES string of the molecule is O=c1[nH]c2c(Br)sc(Br)c2[nH]c1=O. The Morgan fingerprint density at radius 2 is 1.31 bits per heavy atom. The van der Waals surface area contributed by atoms with Gasteiger partial charge in [0.05, 0.1) is 18.6 Å². The van der Waals surface area contributed by atoms with Crippen molar-refractivity contribution in [2.45, 2.75) is 0 Å². The fourth-order valence-corrected chi connectivity index (χ4v) is 3.83. The molecule has 2 aromatic rings. The molecule has 2 N–H and O–H groups in total. The molecule has 0 saturated carbocycles. The molecule has 2 heterocycles. The van der Waals surface area contributed by atoms with Gasteiger partial charge in [0.15, 0.2) is 0 Å². The maximum absolute atomic E-state index is 11.0. The van der Waals surface area contributed by atoms with Crippen LogP contribution in [-0.2, 0) is 0 Å². The van der Waals surface area contributed by atoms with E-state index in [1.54, 1.807) is 0 Å². The molecule has 4 nitrogen and oxygen atoms in total. The molecule has 0 aliphatic carbocycles. The minimum Gasteiger partial charge on any atom is -0.314 e. The Labute approximate surface area is 92.3 Å². The summed E-state index contributed by atoms with van der Waals surface area (Å²) < 4.78 is 1.56. The van der Waals surface area contributed by atoms with Crippen LogP contribution in [0, 0.1) is 0 Å². The van der Waals surface area contributed by atoms with Crippen molar-refractivity contribution in [2.75, 3.05) is 0 Å². The highest BCUT2D eigenvalue weighted by atomic mass is 79.9. The predicted octanol–water partition coefficient (Wildman–Crippen LogP) is 1.80. The van der Waals surface area contributed by atoms with Crippen LogP contribution in [0.15, 0.2) is 17.2 Å². The second-order valence-electron chi connectivity index (χ2n) is 2.31. The van der Waals surface area contributed by atoms with E-state index in [0.717, 1.165) is 7.57 Å². The highest BCUT2D eigenvalue weighted by molar-refractivity contribution is 9.12. The van der Waals surface area contributed by atoms with Gasteiger partial charge in [-0.1, -0.05) is 0 Å². The summed E-state index contributed by atoms with van der Waals surface area (Å²) in [5.74, 6) is 0. The molecule has 0 aromatic carbocycles. The Balaban J connectivity index is 3.09. The Hall–Kier alpha value is -0.400. The number of H-pyrrole nitrogens is 2. The molecule has 0 radical (unpaired) electrons. The minimum absolute atomic E-state index is 0.612. The third-order valence-electron chi connectivity index (χ3n) is 1.51. The molecule has 0 atom stereocenters. The maximum Gasteiger partial charge on any atom is 0.314 e. The van der Waals surface area contributed by atoms with Gasteiger partial charge in [0, 0.05) is 0 Å². The summed E-state index contributed by atoms with van der Waals surface area (Å²) in [7, 11) is 0. The van der Waals surface area contributed by atoms with Crippen molar-refractivity contribution in [3.05, 3.63) is 28.3 Å². The Morgan fingerprint density at radius 1 is 0.923 bits per heavy atom. The summed E-state index contributed by atoms with van der Waals surface area (Å²) in [5.41, 5.74) is -0.0556. The number of aromatic amines is 2. The van der Waals surface area contributed by atoms with Gasteiger partial charge in [-0.2, -0.15) is 0 Å². The van der Waals surface area contributed by atoms with E-state index in [4.69, 9.17) is 0 Å². The topological polar surface area (TPSA) is 65.7 Å². The molecule has 0 amide bonds. The molecule has 7 heteroatoms. The molecule has 0 bridgehead atoms. The summed E-state index contributed by atoms with van der Waals surface area (Å²) in [6.07, 6.45) is 0. The molecule has 0 saturated heterocycles. The van der Waals surface area contributed by atoms with Crippen molar-refractivity contribution in [3.63, 3.8) is 0 Å². The van der Waals surface area contributed by atoms with Crippen LogP contribution in [0.5, 0.6) is 0 Å². The second-order valence-corrected chi connectivity index (χ2v) is 5.96. The number of hydrogen-bond donors (Lipinski definition) is 2. The fraction of sp³-hybridized carbons (Fsp3) is 0. The number of nitrogens with one attached hydrogen (secondary N) is 2. The highest BCUT2D eigenvalue weighted by Gasteiger charge is 2.09. The van der Waals surface area contributed by atoms with Crippen LogP contribution in [0.1, 0.15) is 0 Å². The summed E-state index contributed by atoms with van der Waals surface area (Å²) in [6.45, 7) is 0. The molecule has 0 aliphatic heterocycles. The normalized spacial score (nSPS) is 10.9. The first kappa shape index (κ1) is 9.17. The minimum atomic E-state index is -0.640. The zero-order valence-electron chi connectivity index (χ0n) is 5.98. The molecular formula is C6H2Br2N2O2S. The molecule has 0 aliphatic rings. The Bertz CT molecular complexity index is 532. The fourth-order valence-electron chi connectivity index (χ4n) is 0.941. The average Bonchev–Trinajstić information content (AvgIpc) is 2.31. The second kappa shape index (κ2) is 3.07. The zero-order chi connectivity index (χ0) is 9.59. The smallest absolute Gasteiger partial charge is 0.314 e. The van der Waals surface area contributed by atoms with Crippen LogP contribution in [0.3, 0.4) is 0 Å². The van der Waals surface area contributed by atoms with Crippen LogP contribution in [-0.4, -0.2) is 9.97 Å². The zero-order valence-corrected chi connectivity index (χ0v) is 9.97. The molecule has 13 heavy (non-hydrogen) atoms. The largest absolute Gasteiger partial charge is 0.314 e. The number of fused-ring (bicyclic) bond motifs is 1. The van der Waals surface area contributed by atoms with E-state index in [0.29, 0.717) is 11.0 Å². The van der Waals surface area contributed by atoms with Gasteiger partial charge < -0.3 is 9.97 Å². The first-order valence-corrected chi connectivity index (χ1v) is 5.60. The standard InChI is InChI=1S/C6H2Br2N2O2S/c7-3-1-2(4(8)13-3)10-6(12)5(11)9-1/h(H,9,11)(H,10,12). The summed E-state index contributed by atoms with van der Waals surface area (Å²) in [6, 6.07) is 0. The van der Waals surface area contributed by atoms with Crippen molar-refractivity contribution < 1.29 is 0 Å². The van der Waals surface area contributed by atoms with Crippen molar-refractivity contribution >= 4 is 54.2 Å². The van der Waals surface area contributed by atoms with Crippen molar-refractivity contribution in [1.82, 2.24) is 9.97 Å². The summed E-state index contributed by atoms with van der Waals surface area (Å²) in [4.78, 5) is 26.9. The molecule has 0 unspecified atom stereocenters. The van der Waals surface area contributed by atoms with Gasteiger partial charge >= 0.3 is 11.1 Å². The predicted molar refractivity (Wildman–Crippen MR) is 58.5 cm³/mol. The Morgan fingerprint density at radius 3 is 1.69 bits per heavy atom. The van der Waals surface area contributed by atoms with Gasteiger partial charge in [-0.05, 0) is 31.9 Å². The lowest BCUT2D eigenvalue weighted by molar-refractivity contribution is 1.15. The number of aromatic nitrogens is 2. The molecule has 68 valence electrons. The summed E-state index contributed by atoms with van der Waals surface area (Å²) >= 11 is 7.94. The van der Waals surface area contributed by atoms with Gasteiger partial charge in [0.2, 0.25) is 0 Å². The van der Waals surface area contributed by atoms with Crippen molar-refractivity contribution in [2.24, 2.45) is 0 Å². The van der Waals surface area contributed by atoms with Gasteiger partial charge in [-0.25, -0.2) is 0 Å². The quantitative estimate of drug-likeness (QED) is 0.725. The van der Waals surface area contributed by atoms with Crippen LogP contribution in [0.25, 0.3) is 11.0 Å². The molecule has 0 spiro atoms. The lowest BCUT2D eigenvalue weighted by Gasteiger charge is -1.89. The van der Waals surface area contributed by atoms with E-state index in [1.807, 2.05) is 0 Å². The van der Waals surface area contributed by atoms with Gasteiger partial charge in [-0.15, -0.1) is 11.3 Å². The molecular weight excluding hydrogens is 324 g/mol. The Kier molecular flexibility index (Phi) is 2.17. The van der Waals surface area contributed by atoms with Crippen LogP contribution in [0.4, 0.5) is 0 Å². The van der Waals surface area contributed by atoms with E-state index in [2.05, 4.69) is 41.8 Å². The van der Waals surface area contributed by atoms with Crippen LogP contribution >= 0.6 is 43.2 Å². The van der Waals surface area contributed by atoms with E-state index < -0.39 is 11.1 Å². The van der Waals surface area contributed by atoms with E-state index in [1.165, 1.54) is 11.3 Å². The van der Waals surface area contributed by atoms with Crippen LogP contribution < -0.4 is 11.1 Å².